The molecule has 1 aromatic carbocycles. The van der Waals surface area contributed by atoms with E-state index in [2.05, 4.69) is 11.0 Å². The monoisotopic (exact) mass is 371 g/mol. The molecule has 27 heavy (non-hydrogen) atoms. The number of amides is 1. The second-order valence-electron chi connectivity index (χ2n) is 7.46. The fourth-order valence-corrected chi connectivity index (χ4v) is 3.99. The van der Waals surface area contributed by atoms with Crippen LogP contribution in [-0.2, 0) is 4.74 Å². The van der Waals surface area contributed by atoms with Gasteiger partial charge in [-0.1, -0.05) is 0 Å². The number of hydrogen-bond acceptors (Lipinski definition) is 6. The lowest BCUT2D eigenvalue weighted by molar-refractivity contribution is 0.0467. The van der Waals surface area contributed by atoms with Crippen LogP contribution in [-0.4, -0.2) is 67.9 Å². The maximum atomic E-state index is 11.5. The minimum atomic E-state index is -0.165. The van der Waals surface area contributed by atoms with Gasteiger partial charge in [0.1, 0.15) is 19.3 Å². The number of cyclic esters (lactones) is 1. The van der Waals surface area contributed by atoms with Crippen molar-refractivity contribution in [2.24, 2.45) is 5.92 Å². The standard InChI is InChI=1S/C20H25N3O4/c21-12-16-1-2-18-19(11-16)27-17(14-26-18)13-22-6-3-15(4-7-22)5-8-23-9-10-25-20(23)24/h1-2,11,15,17H,3-10,13-14H2/t17-/m1/s1. The number of nitriles is 1. The van der Waals surface area contributed by atoms with E-state index in [4.69, 9.17) is 19.5 Å². The van der Waals surface area contributed by atoms with Gasteiger partial charge in [-0.15, -0.1) is 0 Å². The molecule has 7 heteroatoms. The smallest absolute Gasteiger partial charge is 0.409 e. The Kier molecular flexibility index (Phi) is 5.35. The third-order valence-corrected chi connectivity index (χ3v) is 5.61. The number of fused-ring (bicyclic) bond motifs is 1. The van der Waals surface area contributed by atoms with Crippen LogP contribution in [0.2, 0.25) is 0 Å². The molecular weight excluding hydrogens is 346 g/mol. The summed E-state index contributed by atoms with van der Waals surface area (Å²) in [5.41, 5.74) is 0.584. The van der Waals surface area contributed by atoms with E-state index in [1.54, 1.807) is 18.2 Å². The Morgan fingerprint density at radius 2 is 2.00 bits per heavy atom. The molecule has 0 N–H and O–H groups in total. The molecular formula is C20H25N3O4. The number of nitrogens with zero attached hydrogens (tertiary/aromatic N) is 3. The van der Waals surface area contributed by atoms with Crippen molar-refractivity contribution in [2.75, 3.05) is 45.9 Å². The van der Waals surface area contributed by atoms with E-state index in [0.717, 1.165) is 52.0 Å². The van der Waals surface area contributed by atoms with Crippen molar-refractivity contribution in [1.29, 1.82) is 5.26 Å². The summed E-state index contributed by atoms with van der Waals surface area (Å²) in [5.74, 6) is 2.04. The topological polar surface area (TPSA) is 75.0 Å². The van der Waals surface area contributed by atoms with Gasteiger partial charge in [0.15, 0.2) is 11.5 Å². The molecule has 0 aliphatic carbocycles. The molecule has 0 unspecified atom stereocenters. The number of benzene rings is 1. The average Bonchev–Trinajstić information content (AvgIpc) is 3.11. The lowest BCUT2D eigenvalue weighted by atomic mass is 9.93. The van der Waals surface area contributed by atoms with Crippen molar-refractivity contribution in [3.05, 3.63) is 23.8 Å². The van der Waals surface area contributed by atoms with E-state index in [0.29, 0.717) is 36.2 Å². The first-order chi connectivity index (χ1) is 13.2. The molecule has 1 aromatic rings. The average molecular weight is 371 g/mol. The fraction of sp³-hybridized carbons (Fsp3) is 0.600. The molecule has 2 saturated heterocycles. The van der Waals surface area contributed by atoms with E-state index in [1.165, 1.54) is 0 Å². The molecule has 3 heterocycles. The van der Waals surface area contributed by atoms with Gasteiger partial charge in [0.25, 0.3) is 0 Å². The van der Waals surface area contributed by atoms with Gasteiger partial charge in [0.05, 0.1) is 18.2 Å². The van der Waals surface area contributed by atoms with Crippen LogP contribution in [0.25, 0.3) is 0 Å². The third kappa shape index (κ3) is 4.28. The molecule has 0 spiro atoms. The molecule has 2 fully saturated rings. The van der Waals surface area contributed by atoms with Gasteiger partial charge < -0.3 is 19.1 Å². The summed E-state index contributed by atoms with van der Waals surface area (Å²) in [6.45, 7) is 5.52. The summed E-state index contributed by atoms with van der Waals surface area (Å²) in [6, 6.07) is 7.42. The first-order valence-electron chi connectivity index (χ1n) is 9.69. The van der Waals surface area contributed by atoms with Gasteiger partial charge in [-0.3, -0.25) is 4.90 Å². The van der Waals surface area contributed by atoms with Crippen molar-refractivity contribution in [3.8, 4) is 17.6 Å². The molecule has 3 aliphatic heterocycles. The summed E-state index contributed by atoms with van der Waals surface area (Å²) in [7, 11) is 0. The largest absolute Gasteiger partial charge is 0.486 e. The SMILES string of the molecule is N#Cc1ccc2c(c1)O[C@H](CN1CCC(CCN3CCOC3=O)CC1)CO2. The van der Waals surface area contributed by atoms with E-state index >= 15 is 0 Å². The van der Waals surface area contributed by atoms with Crippen LogP contribution in [0.3, 0.4) is 0 Å². The van der Waals surface area contributed by atoms with Crippen LogP contribution >= 0.6 is 0 Å². The molecule has 1 amide bonds. The predicted molar refractivity (Wildman–Crippen MR) is 97.8 cm³/mol. The van der Waals surface area contributed by atoms with E-state index < -0.39 is 0 Å². The maximum Gasteiger partial charge on any atom is 0.409 e. The van der Waals surface area contributed by atoms with Crippen LogP contribution in [0, 0.1) is 17.2 Å². The minimum Gasteiger partial charge on any atom is -0.486 e. The number of rotatable bonds is 5. The van der Waals surface area contributed by atoms with Gasteiger partial charge in [-0.05, 0) is 50.4 Å². The number of carbonyl (C=O) groups is 1. The lowest BCUT2D eigenvalue weighted by Crippen LogP contribution is -2.44. The Labute approximate surface area is 159 Å². The van der Waals surface area contributed by atoms with Gasteiger partial charge >= 0.3 is 6.09 Å². The highest BCUT2D eigenvalue weighted by molar-refractivity contribution is 5.69. The molecule has 3 aliphatic rings. The Balaban J connectivity index is 1.21. The molecule has 0 aromatic heterocycles. The zero-order chi connectivity index (χ0) is 18.6. The van der Waals surface area contributed by atoms with E-state index in [1.807, 2.05) is 4.90 Å². The lowest BCUT2D eigenvalue weighted by Gasteiger charge is -2.36. The fourth-order valence-electron chi connectivity index (χ4n) is 3.99. The van der Waals surface area contributed by atoms with Crippen LogP contribution in [0.1, 0.15) is 24.8 Å². The summed E-state index contributed by atoms with van der Waals surface area (Å²) < 4.78 is 16.8. The Hall–Kier alpha value is -2.46. The molecule has 0 radical (unpaired) electrons. The Morgan fingerprint density at radius 3 is 2.74 bits per heavy atom. The predicted octanol–water partition coefficient (Wildman–Crippen LogP) is 2.25. The van der Waals surface area contributed by atoms with Gasteiger partial charge in [-0.2, -0.15) is 5.26 Å². The highest BCUT2D eigenvalue weighted by Gasteiger charge is 2.28. The van der Waals surface area contributed by atoms with Crippen molar-refractivity contribution < 1.29 is 19.0 Å². The van der Waals surface area contributed by atoms with Gasteiger partial charge in [-0.25, -0.2) is 4.79 Å². The first-order valence-corrected chi connectivity index (χ1v) is 9.69. The number of likely N-dealkylation sites (tertiary alicyclic amines) is 1. The summed E-state index contributed by atoms with van der Waals surface area (Å²) in [4.78, 5) is 15.7. The minimum absolute atomic E-state index is 0.0117. The normalized spacial score (nSPS) is 23.1. The highest BCUT2D eigenvalue weighted by atomic mass is 16.6. The number of carbonyl (C=O) groups excluding carboxylic acids is 1. The molecule has 4 rings (SSSR count). The number of hydrogen-bond donors (Lipinski definition) is 0. The molecule has 144 valence electrons. The van der Waals surface area contributed by atoms with Crippen molar-refractivity contribution in [2.45, 2.75) is 25.4 Å². The van der Waals surface area contributed by atoms with E-state index in [-0.39, 0.29) is 12.2 Å². The number of piperidine rings is 1. The van der Waals surface area contributed by atoms with Crippen LogP contribution < -0.4 is 9.47 Å². The maximum absolute atomic E-state index is 11.5. The first kappa shape index (κ1) is 17.9. The second-order valence-corrected chi connectivity index (χ2v) is 7.46. The zero-order valence-corrected chi connectivity index (χ0v) is 15.4. The Bertz CT molecular complexity index is 724. The molecule has 7 nitrogen and oxygen atoms in total. The van der Waals surface area contributed by atoms with Crippen molar-refractivity contribution >= 4 is 6.09 Å². The zero-order valence-electron chi connectivity index (χ0n) is 15.4. The Morgan fingerprint density at radius 1 is 1.15 bits per heavy atom. The number of ether oxygens (including phenoxy) is 3. The van der Waals surface area contributed by atoms with Crippen LogP contribution in [0.5, 0.6) is 11.5 Å². The second kappa shape index (κ2) is 8.05. The van der Waals surface area contributed by atoms with Crippen molar-refractivity contribution in [1.82, 2.24) is 9.80 Å². The van der Waals surface area contributed by atoms with Crippen LogP contribution in [0.15, 0.2) is 18.2 Å². The van der Waals surface area contributed by atoms with Gasteiger partial charge in [0.2, 0.25) is 0 Å². The molecule has 0 bridgehead atoms. The van der Waals surface area contributed by atoms with Crippen molar-refractivity contribution in [3.63, 3.8) is 0 Å². The quantitative estimate of drug-likeness (QED) is 0.790. The highest BCUT2D eigenvalue weighted by Crippen LogP contribution is 2.33. The summed E-state index contributed by atoms with van der Waals surface area (Å²) in [5, 5.41) is 9.04. The summed E-state index contributed by atoms with van der Waals surface area (Å²) >= 11 is 0. The van der Waals surface area contributed by atoms with Crippen LogP contribution in [0.4, 0.5) is 4.79 Å². The van der Waals surface area contributed by atoms with Gasteiger partial charge in [0, 0.05) is 19.2 Å². The third-order valence-electron chi connectivity index (χ3n) is 5.61. The summed E-state index contributed by atoms with van der Waals surface area (Å²) in [6.07, 6.45) is 3.16. The molecule has 1 atom stereocenters. The van der Waals surface area contributed by atoms with E-state index in [9.17, 15) is 4.79 Å². The molecule has 0 saturated carbocycles.